The van der Waals surface area contributed by atoms with Gasteiger partial charge >= 0.3 is 5.97 Å². The molecule has 33 heavy (non-hydrogen) atoms. The molecule has 0 aliphatic carbocycles. The number of carbonyl (C=O) groups excluding carboxylic acids is 1. The highest BCUT2D eigenvalue weighted by molar-refractivity contribution is 7.83. The van der Waals surface area contributed by atoms with Crippen molar-refractivity contribution in [1.29, 1.82) is 0 Å². The largest absolute Gasteiger partial charge is 0.478 e. The van der Waals surface area contributed by atoms with E-state index in [-0.39, 0.29) is 17.0 Å². The summed E-state index contributed by atoms with van der Waals surface area (Å²) < 4.78 is 0. The van der Waals surface area contributed by atoms with Gasteiger partial charge < -0.3 is 5.11 Å². The van der Waals surface area contributed by atoms with Crippen molar-refractivity contribution in [3.8, 4) is 0 Å². The van der Waals surface area contributed by atoms with Crippen molar-refractivity contribution in [2.75, 3.05) is 5.43 Å². The minimum atomic E-state index is -1.11. The maximum atomic E-state index is 13.1. The molecule has 1 amide bonds. The molecule has 1 fully saturated rings. The van der Waals surface area contributed by atoms with E-state index in [1.54, 1.807) is 35.2 Å². The molecular formula is C22H18N6O3S2. The highest BCUT2D eigenvalue weighted by Crippen LogP contribution is 2.25. The van der Waals surface area contributed by atoms with E-state index in [1.807, 2.05) is 30.3 Å². The minimum Gasteiger partial charge on any atom is -0.478 e. The first-order valence-corrected chi connectivity index (χ1v) is 11.1. The lowest BCUT2D eigenvalue weighted by Gasteiger charge is -2.10. The average molecular weight is 479 g/mol. The van der Waals surface area contributed by atoms with E-state index in [9.17, 15) is 14.7 Å². The molecule has 4 rings (SSSR count). The van der Waals surface area contributed by atoms with Gasteiger partial charge in [-0.1, -0.05) is 42.5 Å². The Hall–Kier alpha value is -3.80. The van der Waals surface area contributed by atoms with Crippen LogP contribution in [0, 0.1) is 0 Å². The lowest BCUT2D eigenvalue weighted by molar-refractivity contribution is -0.120. The fourth-order valence-electron chi connectivity index (χ4n) is 3.05. The van der Waals surface area contributed by atoms with Crippen molar-refractivity contribution < 1.29 is 14.7 Å². The number of carbonyl (C=O) groups is 2. The maximum Gasteiger partial charge on any atom is 0.337 e. The smallest absolute Gasteiger partial charge is 0.337 e. The van der Waals surface area contributed by atoms with Crippen molar-refractivity contribution in [2.24, 2.45) is 10.1 Å². The van der Waals surface area contributed by atoms with Crippen LogP contribution in [-0.2, 0) is 4.79 Å². The monoisotopic (exact) mass is 478 g/mol. The Labute approximate surface area is 198 Å². The van der Waals surface area contributed by atoms with Gasteiger partial charge in [0.2, 0.25) is 0 Å². The van der Waals surface area contributed by atoms with Crippen LogP contribution >= 0.6 is 24.0 Å². The number of hydrogen-bond acceptors (Lipinski definition) is 9. The second kappa shape index (κ2) is 10.2. The van der Waals surface area contributed by atoms with E-state index in [1.165, 1.54) is 28.8 Å². The highest BCUT2D eigenvalue weighted by atomic mass is 32.1. The van der Waals surface area contributed by atoms with Gasteiger partial charge in [-0.2, -0.15) is 5.10 Å². The third-order valence-corrected chi connectivity index (χ3v) is 5.72. The summed E-state index contributed by atoms with van der Waals surface area (Å²) in [5, 5.41) is 18.8. The molecular weight excluding hydrogens is 460 g/mol. The van der Waals surface area contributed by atoms with Crippen LogP contribution in [0.3, 0.4) is 0 Å². The summed E-state index contributed by atoms with van der Waals surface area (Å²) in [6.07, 6.45) is 2.98. The normalized spacial score (nSPS) is 17.8. The molecule has 3 N–H and O–H groups in total. The zero-order valence-electron chi connectivity index (χ0n) is 17.0. The van der Waals surface area contributed by atoms with E-state index in [0.29, 0.717) is 10.7 Å². The van der Waals surface area contributed by atoms with Crippen molar-refractivity contribution in [2.45, 2.75) is 6.04 Å². The number of hydrazone groups is 1. The third-order valence-electron chi connectivity index (χ3n) is 4.64. The number of benzene rings is 2. The van der Waals surface area contributed by atoms with Gasteiger partial charge in [0.05, 0.1) is 16.9 Å². The number of aromatic carboxylic acids is 1. The standard InChI is InChI=1S/C22H18N6O3S2/c29-21-19(26-25-16-9-5-4-8-15(16)22(30)31)18(20-23-10-11-33-20)27-28(21)13-24-17(12-32)14-6-2-1-3-7-14/h1-13,18,25,27,32H,(H,30,31)/b17-12-,24-13+,26-19+. The predicted molar refractivity (Wildman–Crippen MR) is 131 cm³/mol. The minimum absolute atomic E-state index is 0.0379. The Morgan fingerprint density at radius 2 is 1.97 bits per heavy atom. The van der Waals surface area contributed by atoms with Gasteiger partial charge in [0.25, 0.3) is 5.91 Å². The van der Waals surface area contributed by atoms with Gasteiger partial charge in [-0.15, -0.1) is 24.0 Å². The van der Waals surface area contributed by atoms with Crippen LogP contribution in [-0.4, -0.2) is 39.0 Å². The second-order valence-electron chi connectivity index (χ2n) is 6.69. The number of anilines is 1. The number of para-hydroxylation sites is 1. The Kier molecular flexibility index (Phi) is 6.93. The molecule has 9 nitrogen and oxygen atoms in total. The van der Waals surface area contributed by atoms with E-state index in [4.69, 9.17) is 0 Å². The van der Waals surface area contributed by atoms with Gasteiger partial charge in [-0.3, -0.25) is 10.2 Å². The molecule has 0 spiro atoms. The molecule has 0 bridgehead atoms. The lowest BCUT2D eigenvalue weighted by atomic mass is 10.2. The second-order valence-corrected chi connectivity index (χ2v) is 7.88. The number of aliphatic imine (C=N–C) groups is 1. The fraction of sp³-hybridized carbons (Fsp3) is 0.0455. The van der Waals surface area contributed by atoms with Crippen LogP contribution in [0.1, 0.15) is 27.0 Å². The van der Waals surface area contributed by atoms with Crippen LogP contribution in [0.15, 0.2) is 81.7 Å². The summed E-state index contributed by atoms with van der Waals surface area (Å²) >= 11 is 5.58. The maximum absolute atomic E-state index is 13.1. The Balaban J connectivity index is 1.62. The van der Waals surface area contributed by atoms with Crippen molar-refractivity contribution in [1.82, 2.24) is 15.4 Å². The molecule has 1 aliphatic rings. The number of rotatable bonds is 7. The highest BCUT2D eigenvalue weighted by Gasteiger charge is 2.39. The average Bonchev–Trinajstić information content (AvgIpc) is 3.47. The number of thiazole rings is 1. The molecule has 3 aromatic rings. The lowest BCUT2D eigenvalue weighted by Crippen LogP contribution is -2.34. The molecule has 2 heterocycles. The summed E-state index contributed by atoms with van der Waals surface area (Å²) in [6, 6.07) is 15.1. The third kappa shape index (κ3) is 5.00. The van der Waals surface area contributed by atoms with E-state index in [2.05, 4.69) is 38.6 Å². The molecule has 0 saturated carbocycles. The van der Waals surface area contributed by atoms with E-state index in [0.717, 1.165) is 5.56 Å². The molecule has 1 atom stereocenters. The van der Waals surface area contributed by atoms with E-state index >= 15 is 0 Å². The number of carboxylic acid groups (broad SMARTS) is 1. The first kappa shape index (κ1) is 22.4. The summed E-state index contributed by atoms with van der Waals surface area (Å²) in [6.45, 7) is 0. The van der Waals surface area contributed by atoms with Gasteiger partial charge in [0, 0.05) is 17.1 Å². The van der Waals surface area contributed by atoms with Gasteiger partial charge in [-0.25, -0.2) is 25.2 Å². The summed E-state index contributed by atoms with van der Waals surface area (Å²) in [5.74, 6) is -1.56. The molecule has 2 aromatic carbocycles. The molecule has 1 unspecified atom stereocenters. The fourth-order valence-corrected chi connectivity index (χ4v) is 3.95. The Morgan fingerprint density at radius 3 is 2.67 bits per heavy atom. The number of hydrogen-bond donors (Lipinski definition) is 4. The number of carboxylic acids is 1. The number of hydrazine groups is 1. The number of amides is 1. The van der Waals surface area contributed by atoms with Crippen molar-refractivity contribution in [3.63, 3.8) is 0 Å². The Morgan fingerprint density at radius 1 is 1.21 bits per heavy atom. The van der Waals surface area contributed by atoms with Gasteiger partial charge in [0.1, 0.15) is 17.4 Å². The van der Waals surface area contributed by atoms with E-state index < -0.39 is 17.9 Å². The first-order valence-electron chi connectivity index (χ1n) is 9.67. The van der Waals surface area contributed by atoms with Gasteiger partial charge in [0.15, 0.2) is 5.71 Å². The molecule has 0 radical (unpaired) electrons. The van der Waals surface area contributed by atoms with Crippen LogP contribution in [0.25, 0.3) is 5.70 Å². The predicted octanol–water partition coefficient (Wildman–Crippen LogP) is 3.65. The molecule has 11 heteroatoms. The summed E-state index contributed by atoms with van der Waals surface area (Å²) in [5.41, 5.74) is 7.58. The van der Waals surface area contributed by atoms with Gasteiger partial charge in [-0.05, 0) is 17.5 Å². The Bertz CT molecular complexity index is 1240. The van der Waals surface area contributed by atoms with Crippen LogP contribution in [0.2, 0.25) is 0 Å². The van der Waals surface area contributed by atoms with Crippen LogP contribution in [0.4, 0.5) is 5.69 Å². The number of nitrogens with zero attached hydrogens (tertiary/aromatic N) is 4. The molecule has 1 aliphatic heterocycles. The topological polar surface area (TPSA) is 119 Å². The quantitative estimate of drug-likeness (QED) is 0.178. The number of nitrogens with one attached hydrogen (secondary N) is 2. The van der Waals surface area contributed by atoms with Crippen LogP contribution in [0.5, 0.6) is 0 Å². The number of aromatic nitrogens is 1. The SMILES string of the molecule is O=C(O)c1ccccc1N/N=C1/C(=O)N(/C=N/C(=C\S)c2ccccc2)NC1c1nccs1. The number of thiol groups is 1. The summed E-state index contributed by atoms with van der Waals surface area (Å²) in [7, 11) is 0. The zero-order chi connectivity index (χ0) is 23.2. The van der Waals surface area contributed by atoms with Crippen molar-refractivity contribution >= 4 is 59.3 Å². The van der Waals surface area contributed by atoms with Crippen molar-refractivity contribution in [3.05, 3.63) is 87.7 Å². The molecule has 166 valence electrons. The summed E-state index contributed by atoms with van der Waals surface area (Å²) in [4.78, 5) is 33.2. The first-order chi connectivity index (χ1) is 16.1. The molecule has 1 saturated heterocycles. The van der Waals surface area contributed by atoms with Crippen LogP contribution < -0.4 is 10.9 Å². The molecule has 1 aromatic heterocycles. The zero-order valence-corrected chi connectivity index (χ0v) is 18.7.